The first-order valence-electron chi connectivity index (χ1n) is 14.2. The maximum absolute atomic E-state index is 13.9. The Hall–Kier alpha value is -4.19. The van der Waals surface area contributed by atoms with Crippen molar-refractivity contribution in [3.8, 4) is 0 Å². The first-order chi connectivity index (χ1) is 19.8. The quantitative estimate of drug-likeness (QED) is 0.237. The molecule has 12 heteroatoms. The number of hydrogen-bond acceptors (Lipinski definition) is 9. The number of rotatable bonds is 7. The van der Waals surface area contributed by atoms with Gasteiger partial charge < -0.3 is 19.0 Å². The van der Waals surface area contributed by atoms with Gasteiger partial charge in [-0.1, -0.05) is 42.0 Å². The topological polar surface area (TPSA) is 121 Å². The maximum atomic E-state index is 13.9. The van der Waals surface area contributed by atoms with Crippen molar-refractivity contribution >= 4 is 29.1 Å². The largest absolute Gasteiger partial charge is 0.528 e. The van der Waals surface area contributed by atoms with E-state index in [9.17, 15) is 19.2 Å². The number of aromatic nitrogens is 4. The molecule has 0 spiro atoms. The fourth-order valence-corrected chi connectivity index (χ4v) is 5.64. The summed E-state index contributed by atoms with van der Waals surface area (Å²) >= 11 is 0. The Kier molecular flexibility index (Phi) is 7.84. The molecular weight excluding hydrogens is 540 g/mol. The molecule has 4 heterocycles. The predicted molar refractivity (Wildman–Crippen MR) is 158 cm³/mol. The molecule has 42 heavy (non-hydrogen) atoms. The molecule has 0 unspecified atom stereocenters. The number of carbonyl (C=O) groups excluding carboxylic acids is 2. The summed E-state index contributed by atoms with van der Waals surface area (Å²) in [5.74, 6) is 0.449. The van der Waals surface area contributed by atoms with E-state index >= 15 is 0 Å². The Morgan fingerprint density at radius 3 is 2.45 bits per heavy atom. The molecule has 2 atom stereocenters. The van der Waals surface area contributed by atoms with Gasteiger partial charge in [0.1, 0.15) is 5.60 Å². The molecule has 3 aromatic rings. The summed E-state index contributed by atoms with van der Waals surface area (Å²) in [4.78, 5) is 65.0. The van der Waals surface area contributed by atoms with Crippen molar-refractivity contribution in [2.45, 2.75) is 65.8 Å². The summed E-state index contributed by atoms with van der Waals surface area (Å²) in [6.07, 6.45) is 2.10. The standard InChI is InChI=1S/C30H38N6O6/c1-19(2)12-14-35-24-25(32(6)28(39)36(26(24)38)18-23(37)20-10-8-7-9-11-20)31-27(35)34-15-13-21-16-33(17-22(21)34)42-29(40)41-30(3,4)5/h7-12,21-22H,13-18H2,1-6H3/t21-,22+/m0/s1. The lowest BCUT2D eigenvalue weighted by Gasteiger charge is -2.26. The zero-order valence-corrected chi connectivity index (χ0v) is 25.0. The molecule has 2 fully saturated rings. The maximum Gasteiger partial charge on any atom is 0.528 e. The van der Waals surface area contributed by atoms with Gasteiger partial charge in [-0.15, -0.1) is 5.06 Å². The number of benzene rings is 1. The smallest absolute Gasteiger partial charge is 0.427 e. The highest BCUT2D eigenvalue weighted by Crippen LogP contribution is 2.36. The Morgan fingerprint density at radius 2 is 1.79 bits per heavy atom. The van der Waals surface area contributed by atoms with Gasteiger partial charge in [0.25, 0.3) is 5.56 Å². The molecule has 224 valence electrons. The molecule has 12 nitrogen and oxygen atoms in total. The summed E-state index contributed by atoms with van der Waals surface area (Å²) in [6.45, 7) is 11.0. The number of nitrogens with zero attached hydrogens (tertiary/aromatic N) is 6. The minimum atomic E-state index is -0.745. The van der Waals surface area contributed by atoms with E-state index in [4.69, 9.17) is 14.6 Å². The second-order valence-electron chi connectivity index (χ2n) is 12.2. The lowest BCUT2D eigenvalue weighted by Crippen LogP contribution is -2.41. The second kappa shape index (κ2) is 11.2. The van der Waals surface area contributed by atoms with Gasteiger partial charge >= 0.3 is 11.8 Å². The number of ether oxygens (including phenoxy) is 1. The molecule has 0 radical (unpaired) electrons. The molecule has 5 rings (SSSR count). The number of carbonyl (C=O) groups is 2. The van der Waals surface area contributed by atoms with Gasteiger partial charge in [0, 0.05) is 32.2 Å². The number of allylic oxidation sites excluding steroid dienone is 2. The Labute approximate surface area is 243 Å². The molecule has 0 N–H and O–H groups in total. The average Bonchev–Trinajstić information content (AvgIpc) is 3.60. The van der Waals surface area contributed by atoms with Crippen LogP contribution in [-0.4, -0.2) is 67.0 Å². The third-order valence-corrected chi connectivity index (χ3v) is 7.66. The molecule has 0 amide bonds. The highest BCUT2D eigenvalue weighted by molar-refractivity contribution is 5.96. The summed E-state index contributed by atoms with van der Waals surface area (Å²) < 4.78 is 9.46. The fourth-order valence-electron chi connectivity index (χ4n) is 5.64. The van der Waals surface area contributed by atoms with Crippen LogP contribution in [0.2, 0.25) is 0 Å². The van der Waals surface area contributed by atoms with E-state index in [2.05, 4.69) is 4.90 Å². The van der Waals surface area contributed by atoms with Crippen LogP contribution in [0, 0.1) is 5.92 Å². The molecule has 0 bridgehead atoms. The van der Waals surface area contributed by atoms with E-state index < -0.39 is 23.0 Å². The van der Waals surface area contributed by atoms with E-state index in [-0.39, 0.29) is 35.5 Å². The summed E-state index contributed by atoms with van der Waals surface area (Å²) in [6, 6.07) is 8.58. The van der Waals surface area contributed by atoms with Crippen LogP contribution in [0.3, 0.4) is 0 Å². The molecule has 0 aliphatic carbocycles. The molecule has 2 aliphatic heterocycles. The Balaban J connectivity index is 1.52. The van der Waals surface area contributed by atoms with E-state index in [0.717, 1.165) is 16.6 Å². The van der Waals surface area contributed by atoms with Crippen LogP contribution >= 0.6 is 0 Å². The van der Waals surface area contributed by atoms with E-state index in [1.54, 1.807) is 63.2 Å². The summed E-state index contributed by atoms with van der Waals surface area (Å²) in [5, 5.41) is 1.62. The third kappa shape index (κ3) is 5.76. The summed E-state index contributed by atoms with van der Waals surface area (Å²) in [7, 11) is 1.56. The van der Waals surface area contributed by atoms with Gasteiger partial charge in [-0.2, -0.15) is 4.98 Å². The first kappa shape index (κ1) is 29.3. The van der Waals surface area contributed by atoms with Crippen molar-refractivity contribution in [1.82, 2.24) is 23.7 Å². The number of imidazole rings is 1. The first-order valence-corrected chi connectivity index (χ1v) is 14.2. The van der Waals surface area contributed by atoms with E-state index in [1.807, 2.05) is 24.5 Å². The fraction of sp³-hybridized carbons (Fsp3) is 0.500. The third-order valence-electron chi connectivity index (χ3n) is 7.66. The zero-order valence-electron chi connectivity index (χ0n) is 25.0. The Morgan fingerprint density at radius 1 is 1.07 bits per heavy atom. The number of anilines is 1. The van der Waals surface area contributed by atoms with Crippen molar-refractivity contribution in [3.63, 3.8) is 0 Å². The van der Waals surface area contributed by atoms with Crippen molar-refractivity contribution in [1.29, 1.82) is 0 Å². The SMILES string of the molecule is CC(C)=CCn1c(N2CC[C@H]3CN(OC(=O)OC(C)(C)C)C[C@H]32)nc2c1c(=O)n(CC(=O)c1ccccc1)c(=O)n2C. The zero-order chi connectivity index (χ0) is 30.3. The van der Waals surface area contributed by atoms with Crippen LogP contribution in [-0.2, 0) is 29.7 Å². The molecular formula is C30H38N6O6. The van der Waals surface area contributed by atoms with Gasteiger partial charge in [-0.25, -0.2) is 9.59 Å². The number of ketones is 1. The molecule has 0 saturated carbocycles. The van der Waals surface area contributed by atoms with E-state index in [0.29, 0.717) is 37.7 Å². The molecule has 2 aliphatic rings. The predicted octanol–water partition coefficient (Wildman–Crippen LogP) is 3.12. The van der Waals surface area contributed by atoms with Gasteiger partial charge in [0.2, 0.25) is 5.95 Å². The minimum absolute atomic E-state index is 0.0198. The van der Waals surface area contributed by atoms with Crippen LogP contribution in [0.1, 0.15) is 51.4 Å². The minimum Gasteiger partial charge on any atom is -0.427 e. The van der Waals surface area contributed by atoms with Gasteiger partial charge in [-0.05, 0) is 47.0 Å². The Bertz CT molecular complexity index is 1660. The van der Waals surface area contributed by atoms with Crippen molar-refractivity contribution in [2.24, 2.45) is 13.0 Å². The van der Waals surface area contributed by atoms with Crippen LogP contribution < -0.4 is 16.1 Å². The molecule has 2 saturated heterocycles. The van der Waals surface area contributed by atoms with E-state index in [1.165, 1.54) is 4.57 Å². The van der Waals surface area contributed by atoms with Crippen LogP contribution in [0.4, 0.5) is 10.7 Å². The molecule has 2 aromatic heterocycles. The van der Waals surface area contributed by atoms with Crippen molar-refractivity contribution < 1.29 is 19.2 Å². The highest BCUT2D eigenvalue weighted by Gasteiger charge is 2.45. The lowest BCUT2D eigenvalue weighted by molar-refractivity contribution is -0.132. The number of hydroxylamine groups is 2. The number of Topliss-reactive ketones (excluding diaryl/α,β-unsaturated/α-hetero) is 1. The van der Waals surface area contributed by atoms with Crippen LogP contribution in [0.15, 0.2) is 51.6 Å². The number of hydrogen-bond donors (Lipinski definition) is 0. The molecule has 1 aromatic carbocycles. The lowest BCUT2D eigenvalue weighted by atomic mass is 10.1. The number of fused-ring (bicyclic) bond motifs is 2. The monoisotopic (exact) mass is 578 g/mol. The van der Waals surface area contributed by atoms with Gasteiger partial charge in [0.05, 0.1) is 19.1 Å². The highest BCUT2D eigenvalue weighted by atomic mass is 16.8. The van der Waals surface area contributed by atoms with Crippen molar-refractivity contribution in [3.05, 3.63) is 68.4 Å². The number of aryl methyl sites for hydroxylation is 1. The second-order valence-corrected chi connectivity index (χ2v) is 12.2. The van der Waals surface area contributed by atoms with Crippen LogP contribution in [0.5, 0.6) is 0 Å². The average molecular weight is 579 g/mol. The van der Waals surface area contributed by atoms with Crippen LogP contribution in [0.25, 0.3) is 11.2 Å². The normalized spacial score (nSPS) is 18.8. The van der Waals surface area contributed by atoms with Gasteiger partial charge in [-0.3, -0.25) is 18.7 Å². The van der Waals surface area contributed by atoms with Crippen molar-refractivity contribution in [2.75, 3.05) is 24.5 Å². The summed E-state index contributed by atoms with van der Waals surface area (Å²) in [5.41, 5.74) is 0.172. The van der Waals surface area contributed by atoms with Gasteiger partial charge in [0.15, 0.2) is 16.9 Å².